The molecule has 1 heterocycles. The molecule has 0 bridgehead atoms. The van der Waals surface area contributed by atoms with Gasteiger partial charge in [0.2, 0.25) is 0 Å². The van der Waals surface area contributed by atoms with E-state index in [1.165, 1.54) is 27.3 Å². The predicted molar refractivity (Wildman–Crippen MR) is 72.2 cm³/mol. The molecule has 16 heavy (non-hydrogen) atoms. The van der Waals surface area contributed by atoms with Crippen molar-refractivity contribution in [3.63, 3.8) is 0 Å². The Balaban J connectivity index is 2.42. The molecule has 0 aliphatic carbocycles. The monoisotopic (exact) mass is 235 g/mol. The highest BCUT2D eigenvalue weighted by atomic mass is 32.2. The van der Waals surface area contributed by atoms with Crippen LogP contribution in [-0.4, -0.2) is 12.3 Å². The van der Waals surface area contributed by atoms with E-state index in [9.17, 15) is 0 Å². The number of aryl methyl sites for hydroxylation is 2. The minimum atomic E-state index is 0.542. The minimum absolute atomic E-state index is 0.542. The van der Waals surface area contributed by atoms with Crippen molar-refractivity contribution in [2.24, 2.45) is 5.92 Å². The van der Waals surface area contributed by atoms with Crippen LogP contribution in [0.4, 0.5) is 0 Å². The van der Waals surface area contributed by atoms with Crippen LogP contribution in [0.15, 0.2) is 17.0 Å². The molecule has 2 unspecified atom stereocenters. The van der Waals surface area contributed by atoms with Gasteiger partial charge in [-0.1, -0.05) is 19.9 Å². The SMILES string of the molecule is CCNC1c2cc(C)c(C)cc2SCC1C. The van der Waals surface area contributed by atoms with E-state index in [-0.39, 0.29) is 0 Å². The van der Waals surface area contributed by atoms with Crippen LogP contribution in [0.3, 0.4) is 0 Å². The lowest BCUT2D eigenvalue weighted by molar-refractivity contribution is 0.416. The Morgan fingerprint density at radius 2 is 2.00 bits per heavy atom. The number of benzene rings is 1. The van der Waals surface area contributed by atoms with E-state index in [2.05, 4.69) is 45.1 Å². The highest BCUT2D eigenvalue weighted by Gasteiger charge is 2.26. The molecule has 88 valence electrons. The van der Waals surface area contributed by atoms with Gasteiger partial charge in [-0.15, -0.1) is 11.8 Å². The van der Waals surface area contributed by atoms with E-state index in [1.807, 2.05) is 11.8 Å². The lowest BCUT2D eigenvalue weighted by atomic mass is 9.92. The van der Waals surface area contributed by atoms with Crippen molar-refractivity contribution in [2.75, 3.05) is 12.3 Å². The molecule has 0 spiro atoms. The molecule has 0 saturated carbocycles. The molecule has 1 N–H and O–H groups in total. The van der Waals surface area contributed by atoms with Gasteiger partial charge >= 0.3 is 0 Å². The summed E-state index contributed by atoms with van der Waals surface area (Å²) in [5, 5.41) is 3.62. The van der Waals surface area contributed by atoms with Gasteiger partial charge in [-0.25, -0.2) is 0 Å². The minimum Gasteiger partial charge on any atom is -0.310 e. The second-order valence-corrected chi connectivity index (χ2v) is 5.86. The molecule has 1 aromatic rings. The van der Waals surface area contributed by atoms with E-state index < -0.39 is 0 Å². The van der Waals surface area contributed by atoms with Crippen LogP contribution in [0.2, 0.25) is 0 Å². The average Bonchev–Trinajstić information content (AvgIpc) is 2.25. The molecule has 1 aliphatic heterocycles. The molecule has 1 nitrogen and oxygen atoms in total. The summed E-state index contributed by atoms with van der Waals surface area (Å²) < 4.78 is 0. The molecule has 0 amide bonds. The van der Waals surface area contributed by atoms with Gasteiger partial charge in [0.1, 0.15) is 0 Å². The summed E-state index contributed by atoms with van der Waals surface area (Å²) in [5.74, 6) is 1.95. The first kappa shape index (κ1) is 12.0. The summed E-state index contributed by atoms with van der Waals surface area (Å²) >= 11 is 2.01. The zero-order valence-corrected chi connectivity index (χ0v) is 11.4. The molecule has 2 rings (SSSR count). The third-order valence-corrected chi connectivity index (χ3v) is 4.81. The van der Waals surface area contributed by atoms with Crippen LogP contribution >= 0.6 is 11.8 Å². The van der Waals surface area contributed by atoms with Crippen LogP contribution < -0.4 is 5.32 Å². The van der Waals surface area contributed by atoms with Crippen LogP contribution in [0.1, 0.15) is 36.6 Å². The summed E-state index contributed by atoms with van der Waals surface area (Å²) in [6, 6.07) is 5.27. The van der Waals surface area contributed by atoms with Crippen molar-refractivity contribution < 1.29 is 0 Å². The number of thioether (sulfide) groups is 1. The number of hydrogen-bond donors (Lipinski definition) is 1. The maximum Gasteiger partial charge on any atom is 0.0365 e. The lowest BCUT2D eigenvalue weighted by Crippen LogP contribution is -2.30. The standard InChI is InChI=1S/C14H21NS/c1-5-15-14-11(4)8-16-13-7-10(3)9(2)6-12(13)14/h6-7,11,14-15H,5,8H2,1-4H3. The fourth-order valence-electron chi connectivity index (χ4n) is 2.34. The highest BCUT2D eigenvalue weighted by Crippen LogP contribution is 2.40. The molecule has 1 aromatic carbocycles. The zero-order chi connectivity index (χ0) is 11.7. The molecule has 1 aliphatic rings. The average molecular weight is 235 g/mol. The van der Waals surface area contributed by atoms with Gasteiger partial charge in [0.25, 0.3) is 0 Å². The number of fused-ring (bicyclic) bond motifs is 1. The summed E-state index contributed by atoms with van der Waals surface area (Å²) in [4.78, 5) is 1.48. The quantitative estimate of drug-likeness (QED) is 0.839. The Morgan fingerprint density at radius 3 is 2.69 bits per heavy atom. The number of rotatable bonds is 2. The van der Waals surface area contributed by atoms with Gasteiger partial charge in [-0.3, -0.25) is 0 Å². The van der Waals surface area contributed by atoms with Gasteiger partial charge in [-0.2, -0.15) is 0 Å². The second-order valence-electron chi connectivity index (χ2n) is 4.80. The molecule has 0 fully saturated rings. The van der Waals surface area contributed by atoms with Gasteiger partial charge < -0.3 is 5.32 Å². The van der Waals surface area contributed by atoms with Gasteiger partial charge in [0, 0.05) is 16.7 Å². The van der Waals surface area contributed by atoms with Gasteiger partial charge in [-0.05, 0) is 49.1 Å². The maximum atomic E-state index is 3.62. The smallest absolute Gasteiger partial charge is 0.0365 e. The molecular formula is C14H21NS. The summed E-state index contributed by atoms with van der Waals surface area (Å²) in [7, 11) is 0. The molecule has 2 atom stereocenters. The molecule has 2 heteroatoms. The highest BCUT2D eigenvalue weighted by molar-refractivity contribution is 7.99. The van der Waals surface area contributed by atoms with Gasteiger partial charge in [0.15, 0.2) is 0 Å². The van der Waals surface area contributed by atoms with E-state index in [0.717, 1.165) is 12.5 Å². The van der Waals surface area contributed by atoms with Crippen molar-refractivity contribution in [1.82, 2.24) is 5.32 Å². The summed E-state index contributed by atoms with van der Waals surface area (Å²) in [5.41, 5.74) is 4.33. The summed E-state index contributed by atoms with van der Waals surface area (Å²) in [6.45, 7) is 10.00. The van der Waals surface area contributed by atoms with E-state index in [0.29, 0.717) is 6.04 Å². The number of hydrogen-bond acceptors (Lipinski definition) is 2. The first-order chi connectivity index (χ1) is 7.63. The predicted octanol–water partition coefficient (Wildman–Crippen LogP) is 3.70. The van der Waals surface area contributed by atoms with E-state index in [4.69, 9.17) is 0 Å². The van der Waals surface area contributed by atoms with Crippen LogP contribution in [0.25, 0.3) is 0 Å². The Labute approximate surface area is 103 Å². The Kier molecular flexibility index (Phi) is 3.60. The van der Waals surface area contributed by atoms with E-state index >= 15 is 0 Å². The van der Waals surface area contributed by atoms with Crippen LogP contribution in [0.5, 0.6) is 0 Å². The fraction of sp³-hybridized carbons (Fsp3) is 0.571. The molecule has 0 saturated heterocycles. The zero-order valence-electron chi connectivity index (χ0n) is 10.6. The molecule has 0 radical (unpaired) electrons. The normalized spacial score (nSPS) is 24.2. The Hall–Kier alpha value is -0.470. The van der Waals surface area contributed by atoms with Crippen LogP contribution in [0, 0.1) is 19.8 Å². The van der Waals surface area contributed by atoms with Crippen molar-refractivity contribution >= 4 is 11.8 Å². The Morgan fingerprint density at radius 1 is 1.31 bits per heavy atom. The van der Waals surface area contributed by atoms with Crippen molar-refractivity contribution in [3.05, 3.63) is 28.8 Å². The second kappa shape index (κ2) is 4.80. The number of nitrogens with one attached hydrogen (secondary N) is 1. The fourth-order valence-corrected chi connectivity index (χ4v) is 3.58. The summed E-state index contributed by atoms with van der Waals surface area (Å²) in [6.07, 6.45) is 0. The van der Waals surface area contributed by atoms with Crippen molar-refractivity contribution in [3.8, 4) is 0 Å². The topological polar surface area (TPSA) is 12.0 Å². The first-order valence-electron chi connectivity index (χ1n) is 6.10. The molecule has 0 aromatic heterocycles. The third kappa shape index (κ3) is 2.14. The van der Waals surface area contributed by atoms with Crippen molar-refractivity contribution in [1.29, 1.82) is 0 Å². The van der Waals surface area contributed by atoms with Crippen molar-refractivity contribution in [2.45, 2.75) is 38.6 Å². The lowest BCUT2D eigenvalue weighted by Gasteiger charge is -2.32. The third-order valence-electron chi connectivity index (χ3n) is 3.46. The van der Waals surface area contributed by atoms with E-state index in [1.54, 1.807) is 0 Å². The molecular weight excluding hydrogens is 214 g/mol. The van der Waals surface area contributed by atoms with Gasteiger partial charge in [0.05, 0.1) is 0 Å². The first-order valence-corrected chi connectivity index (χ1v) is 7.09. The Bertz CT molecular complexity index is 387. The maximum absolute atomic E-state index is 3.62. The largest absolute Gasteiger partial charge is 0.310 e. The van der Waals surface area contributed by atoms with Crippen LogP contribution in [-0.2, 0) is 0 Å².